The standard InChI is InChI=1S/C33H35N3O2S2/c1-3-35(4-2)24-16-14-21(15-17-24)28-29-22-12-13-23(18-22)30(29)39-32-31(28)40-33(38)36(32)19-27(37)34-26-11-7-9-20-8-5-6-10-25(20)26/h5-11,14-17,22-23,28-30H,3-4,12-13,18-19H2,1-2H3,(H,34,37). The van der Waals surface area contributed by atoms with Crippen LogP contribution in [-0.2, 0) is 11.3 Å². The summed E-state index contributed by atoms with van der Waals surface area (Å²) in [5, 5.41) is 6.72. The first-order chi connectivity index (χ1) is 19.6. The molecule has 206 valence electrons. The fourth-order valence-corrected chi connectivity index (χ4v) is 10.8. The Morgan fingerprint density at radius 2 is 1.73 bits per heavy atom. The van der Waals surface area contributed by atoms with Crippen molar-refractivity contribution in [2.45, 2.75) is 55.8 Å². The summed E-state index contributed by atoms with van der Waals surface area (Å²) in [4.78, 5) is 30.3. The SMILES string of the molecule is CCN(CC)c1ccc(C2c3sc(=O)n(CC(=O)Nc4cccc5ccccc45)c3SC3C4CCC(C4)C23)cc1. The number of thiazole rings is 1. The highest BCUT2D eigenvalue weighted by Gasteiger charge is 2.55. The Balaban J connectivity index is 1.23. The van der Waals surface area contributed by atoms with Gasteiger partial charge in [-0.2, -0.15) is 0 Å². The number of aromatic nitrogens is 1. The molecule has 0 radical (unpaired) electrons. The van der Waals surface area contributed by atoms with Crippen molar-refractivity contribution in [3.8, 4) is 0 Å². The number of amides is 1. The van der Waals surface area contributed by atoms with E-state index in [0.29, 0.717) is 17.1 Å². The molecule has 3 aromatic carbocycles. The van der Waals surface area contributed by atoms with Crippen LogP contribution in [0.2, 0.25) is 0 Å². The molecule has 5 atom stereocenters. The van der Waals surface area contributed by atoms with Gasteiger partial charge in [0.2, 0.25) is 5.91 Å². The molecular formula is C33H35N3O2S2. The number of nitrogens with one attached hydrogen (secondary N) is 1. The summed E-state index contributed by atoms with van der Waals surface area (Å²) in [5.41, 5.74) is 3.35. The molecule has 7 rings (SSSR count). The normalized spacial score (nSPS) is 24.6. The zero-order valence-corrected chi connectivity index (χ0v) is 24.6. The molecule has 2 saturated carbocycles. The predicted molar refractivity (Wildman–Crippen MR) is 167 cm³/mol. The van der Waals surface area contributed by atoms with Crippen LogP contribution in [0.25, 0.3) is 10.8 Å². The van der Waals surface area contributed by atoms with E-state index in [1.807, 2.05) is 54.2 Å². The molecule has 1 amide bonds. The third-order valence-corrected chi connectivity index (χ3v) is 12.3. The summed E-state index contributed by atoms with van der Waals surface area (Å²) in [6.07, 6.45) is 3.90. The van der Waals surface area contributed by atoms with Gasteiger partial charge in [0.25, 0.3) is 0 Å². The Morgan fingerprint density at radius 1 is 0.975 bits per heavy atom. The molecule has 0 saturated heterocycles. The monoisotopic (exact) mass is 569 g/mol. The molecule has 40 heavy (non-hydrogen) atoms. The number of carbonyl (C=O) groups excluding carboxylic acids is 1. The van der Waals surface area contributed by atoms with Crippen LogP contribution in [-0.4, -0.2) is 28.8 Å². The number of thioether (sulfide) groups is 1. The molecule has 5 nitrogen and oxygen atoms in total. The summed E-state index contributed by atoms with van der Waals surface area (Å²) in [6, 6.07) is 23.1. The van der Waals surface area contributed by atoms with Crippen molar-refractivity contribution in [2.75, 3.05) is 23.3 Å². The minimum absolute atomic E-state index is 0.0253. The Bertz CT molecular complexity index is 1620. The van der Waals surface area contributed by atoms with E-state index in [1.165, 1.54) is 41.9 Å². The van der Waals surface area contributed by atoms with Gasteiger partial charge in [-0.15, -0.1) is 11.8 Å². The summed E-state index contributed by atoms with van der Waals surface area (Å²) in [6.45, 7) is 6.40. The Morgan fingerprint density at radius 3 is 2.52 bits per heavy atom. The molecular weight excluding hydrogens is 535 g/mol. The Kier molecular flexibility index (Phi) is 6.75. The topological polar surface area (TPSA) is 54.3 Å². The number of carbonyl (C=O) groups is 1. The van der Waals surface area contributed by atoms with Crippen molar-refractivity contribution in [3.63, 3.8) is 0 Å². The minimum atomic E-state index is -0.158. The van der Waals surface area contributed by atoms with Gasteiger partial charge in [0.1, 0.15) is 6.54 Å². The van der Waals surface area contributed by atoms with E-state index in [4.69, 9.17) is 0 Å². The Hall–Kier alpha value is -3.03. The van der Waals surface area contributed by atoms with Gasteiger partial charge in [0.15, 0.2) is 0 Å². The zero-order chi connectivity index (χ0) is 27.4. The maximum atomic E-state index is 13.5. The average molecular weight is 570 g/mol. The van der Waals surface area contributed by atoms with E-state index in [0.717, 1.165) is 45.4 Å². The molecule has 1 N–H and O–H groups in total. The molecule has 2 bridgehead atoms. The van der Waals surface area contributed by atoms with Crippen molar-refractivity contribution >= 4 is 51.2 Å². The highest BCUT2D eigenvalue weighted by atomic mass is 32.2. The van der Waals surface area contributed by atoms with E-state index in [9.17, 15) is 9.59 Å². The molecule has 2 fully saturated rings. The summed E-state index contributed by atoms with van der Waals surface area (Å²) >= 11 is 3.25. The summed E-state index contributed by atoms with van der Waals surface area (Å²) < 4.78 is 1.75. The molecule has 2 aliphatic carbocycles. The lowest BCUT2D eigenvalue weighted by Crippen LogP contribution is -2.35. The van der Waals surface area contributed by atoms with Crippen LogP contribution in [0.1, 0.15) is 49.5 Å². The second kappa shape index (κ2) is 10.4. The van der Waals surface area contributed by atoms with Gasteiger partial charge < -0.3 is 10.2 Å². The maximum absolute atomic E-state index is 13.5. The quantitative estimate of drug-likeness (QED) is 0.256. The number of nitrogens with zero attached hydrogens (tertiary/aromatic N) is 2. The first-order valence-electron chi connectivity index (χ1n) is 14.6. The third kappa shape index (κ3) is 4.29. The second-order valence-corrected chi connectivity index (χ2v) is 13.6. The van der Waals surface area contributed by atoms with Crippen molar-refractivity contribution in [2.24, 2.45) is 17.8 Å². The highest BCUT2D eigenvalue weighted by molar-refractivity contribution is 8.00. The van der Waals surface area contributed by atoms with Gasteiger partial charge in [-0.3, -0.25) is 14.2 Å². The van der Waals surface area contributed by atoms with E-state index in [2.05, 4.69) is 48.3 Å². The molecule has 3 aliphatic rings. The van der Waals surface area contributed by atoms with Crippen LogP contribution in [0.15, 0.2) is 76.6 Å². The van der Waals surface area contributed by atoms with Gasteiger partial charge in [-0.05, 0) is 80.0 Å². The van der Waals surface area contributed by atoms with Crippen LogP contribution in [0, 0.1) is 17.8 Å². The molecule has 5 unspecified atom stereocenters. The van der Waals surface area contributed by atoms with Gasteiger partial charge in [-0.25, -0.2) is 0 Å². The molecule has 4 aromatic rings. The van der Waals surface area contributed by atoms with Crippen molar-refractivity contribution in [1.82, 2.24) is 4.57 Å². The smallest absolute Gasteiger partial charge is 0.308 e. The summed E-state index contributed by atoms with van der Waals surface area (Å²) in [7, 11) is 0. The maximum Gasteiger partial charge on any atom is 0.308 e. The van der Waals surface area contributed by atoms with Crippen LogP contribution in [0.3, 0.4) is 0 Å². The van der Waals surface area contributed by atoms with Gasteiger partial charge >= 0.3 is 4.87 Å². The fraction of sp³-hybridized carbons (Fsp3) is 0.394. The van der Waals surface area contributed by atoms with Crippen LogP contribution >= 0.6 is 23.1 Å². The lowest BCUT2D eigenvalue weighted by atomic mass is 9.75. The third-order valence-electron chi connectivity index (χ3n) is 9.44. The average Bonchev–Trinajstić information content (AvgIpc) is 3.67. The van der Waals surface area contributed by atoms with E-state index in [1.54, 1.807) is 4.57 Å². The highest BCUT2D eigenvalue weighted by Crippen LogP contribution is 2.64. The zero-order valence-electron chi connectivity index (χ0n) is 23.0. The van der Waals surface area contributed by atoms with E-state index >= 15 is 0 Å². The lowest BCUT2D eigenvalue weighted by molar-refractivity contribution is -0.116. The van der Waals surface area contributed by atoms with Crippen molar-refractivity contribution in [1.29, 1.82) is 0 Å². The first-order valence-corrected chi connectivity index (χ1v) is 16.3. The lowest BCUT2D eigenvalue weighted by Gasteiger charge is -2.40. The molecule has 2 heterocycles. The van der Waals surface area contributed by atoms with E-state index in [-0.39, 0.29) is 23.2 Å². The number of rotatable bonds is 7. The van der Waals surface area contributed by atoms with Crippen molar-refractivity contribution in [3.05, 3.63) is 86.8 Å². The van der Waals surface area contributed by atoms with Crippen LogP contribution in [0.4, 0.5) is 11.4 Å². The minimum Gasteiger partial charge on any atom is -0.372 e. The van der Waals surface area contributed by atoms with E-state index < -0.39 is 0 Å². The summed E-state index contributed by atoms with van der Waals surface area (Å²) in [5.74, 6) is 2.06. The molecule has 7 heteroatoms. The number of benzene rings is 3. The number of anilines is 2. The van der Waals surface area contributed by atoms with Crippen LogP contribution < -0.4 is 15.1 Å². The van der Waals surface area contributed by atoms with Gasteiger partial charge in [0.05, 0.1) is 5.03 Å². The number of fused-ring (bicyclic) bond motifs is 7. The van der Waals surface area contributed by atoms with Gasteiger partial charge in [0, 0.05) is 45.9 Å². The first kappa shape index (κ1) is 25.9. The van der Waals surface area contributed by atoms with Crippen molar-refractivity contribution < 1.29 is 4.79 Å². The number of hydrogen-bond donors (Lipinski definition) is 1. The van der Waals surface area contributed by atoms with Crippen LogP contribution in [0.5, 0.6) is 0 Å². The number of hydrogen-bond acceptors (Lipinski definition) is 5. The predicted octanol–water partition coefficient (Wildman–Crippen LogP) is 7.20. The fourth-order valence-electron chi connectivity index (χ4n) is 7.61. The molecule has 0 spiro atoms. The van der Waals surface area contributed by atoms with Gasteiger partial charge in [-0.1, -0.05) is 59.9 Å². The molecule has 1 aromatic heterocycles. The Labute approximate surface area is 243 Å². The largest absolute Gasteiger partial charge is 0.372 e. The molecule has 1 aliphatic heterocycles. The second-order valence-electron chi connectivity index (χ2n) is 11.4.